The molecular weight excluding hydrogens is 673 g/mol. The molecule has 55 heavy (non-hydrogen) atoms. The number of nitrogens with zero attached hydrogens (tertiary/aromatic N) is 3. The lowest BCUT2D eigenvalue weighted by Gasteiger charge is -2.13. The summed E-state index contributed by atoms with van der Waals surface area (Å²) in [7, 11) is 0. The molecule has 5 heteroatoms. The van der Waals surface area contributed by atoms with Crippen molar-refractivity contribution in [1.29, 1.82) is 0 Å². The highest BCUT2D eigenvalue weighted by Gasteiger charge is 2.28. The van der Waals surface area contributed by atoms with Crippen LogP contribution in [0.2, 0.25) is 0 Å². The Hall–Kier alpha value is -7.37. The first-order chi connectivity index (χ1) is 27.2. The van der Waals surface area contributed by atoms with Gasteiger partial charge in [-0.1, -0.05) is 164 Å². The Kier molecular flexibility index (Phi) is 7.17. The fourth-order valence-electron chi connectivity index (χ4n) is 7.98. The molecule has 10 aromatic rings. The monoisotopic (exact) mass is 704 g/mol. The van der Waals surface area contributed by atoms with Crippen LogP contribution in [0.5, 0.6) is 5.75 Å². The molecule has 1 aliphatic heterocycles. The normalized spacial score (nSPS) is 13.6. The van der Waals surface area contributed by atoms with Crippen molar-refractivity contribution in [3.8, 4) is 51.0 Å². The lowest BCUT2D eigenvalue weighted by molar-refractivity contribution is 0.262. The van der Waals surface area contributed by atoms with Gasteiger partial charge in [0.05, 0.1) is 5.69 Å². The summed E-state index contributed by atoms with van der Waals surface area (Å²) < 4.78 is 6.62. The largest absolute Gasteiger partial charge is 0.464 e. The van der Waals surface area contributed by atoms with Crippen molar-refractivity contribution >= 4 is 48.8 Å². The zero-order valence-electron chi connectivity index (χ0n) is 29.6. The highest BCUT2D eigenvalue weighted by Crippen LogP contribution is 2.49. The Morgan fingerprint density at radius 1 is 0.382 bits per heavy atom. The first-order valence-corrected chi connectivity index (χ1v) is 18.5. The van der Waals surface area contributed by atoms with E-state index in [9.17, 15) is 0 Å². The van der Waals surface area contributed by atoms with Crippen LogP contribution >= 0.6 is 0 Å². The van der Waals surface area contributed by atoms with E-state index in [0.29, 0.717) is 17.5 Å². The van der Waals surface area contributed by atoms with Gasteiger partial charge >= 0.3 is 0 Å². The summed E-state index contributed by atoms with van der Waals surface area (Å²) in [5.74, 6) is 2.81. The Morgan fingerprint density at radius 2 is 1.00 bits per heavy atom. The van der Waals surface area contributed by atoms with Gasteiger partial charge in [-0.05, 0) is 61.6 Å². The summed E-state index contributed by atoms with van der Waals surface area (Å²) in [5.41, 5.74) is 7.21. The number of hydrogen-bond donors (Lipinski definition) is 1. The molecule has 0 bridgehead atoms. The minimum atomic E-state index is -0.240. The SMILES string of the molecule is c1ccc(C2Nc3c(c4ccc(-c5ccc(-c6nc(-c7ccc8ccccc8c7)nc(-c7cccc8ccccc78)n6)cc5)cc4c4ccccc34)O2)cc1. The zero-order valence-corrected chi connectivity index (χ0v) is 29.6. The number of ether oxygens (including phenoxy) is 1. The maximum atomic E-state index is 6.62. The molecule has 1 N–H and O–H groups in total. The van der Waals surface area contributed by atoms with Crippen molar-refractivity contribution in [1.82, 2.24) is 15.0 Å². The molecule has 1 unspecified atom stereocenters. The van der Waals surface area contributed by atoms with Crippen LogP contribution in [0.4, 0.5) is 5.69 Å². The van der Waals surface area contributed by atoms with E-state index >= 15 is 0 Å². The van der Waals surface area contributed by atoms with Gasteiger partial charge in [-0.3, -0.25) is 0 Å². The van der Waals surface area contributed by atoms with E-state index in [4.69, 9.17) is 19.7 Å². The van der Waals surface area contributed by atoms with Crippen LogP contribution in [-0.4, -0.2) is 15.0 Å². The molecule has 1 atom stereocenters. The van der Waals surface area contributed by atoms with E-state index in [1.54, 1.807) is 0 Å². The average molecular weight is 705 g/mol. The molecule has 258 valence electrons. The molecule has 9 aromatic carbocycles. The number of nitrogens with one attached hydrogen (secondary N) is 1. The third kappa shape index (κ3) is 5.36. The standard InChI is InChI=1S/C50H32N4O/c1-2-13-35(14-3-1)50-51-45-41-19-9-8-18-40(41)44-30-37(27-28-42(44)46(45)55-50)32-21-24-34(25-22-32)47-52-48(38-26-23-31-11-4-5-15-36(31)29-38)54-49(53-47)43-20-10-16-33-12-6-7-17-39(33)43/h1-30,50-51H. The van der Waals surface area contributed by atoms with Gasteiger partial charge < -0.3 is 10.1 Å². The van der Waals surface area contributed by atoms with Crippen LogP contribution in [0.1, 0.15) is 11.8 Å². The topological polar surface area (TPSA) is 59.9 Å². The van der Waals surface area contributed by atoms with Crippen molar-refractivity contribution in [3.05, 3.63) is 188 Å². The molecule has 0 saturated heterocycles. The number of benzene rings is 9. The Balaban J connectivity index is 1.01. The summed E-state index contributed by atoms with van der Waals surface area (Å²) in [5, 5.41) is 12.8. The van der Waals surface area contributed by atoms with Crippen LogP contribution in [0.15, 0.2) is 182 Å². The van der Waals surface area contributed by atoms with Crippen LogP contribution < -0.4 is 10.1 Å². The van der Waals surface area contributed by atoms with Gasteiger partial charge in [0.2, 0.25) is 0 Å². The lowest BCUT2D eigenvalue weighted by Crippen LogP contribution is -2.09. The number of rotatable bonds is 5. The van der Waals surface area contributed by atoms with Gasteiger partial charge in [-0.15, -0.1) is 0 Å². The molecule has 1 aromatic heterocycles. The summed E-state index contributed by atoms with van der Waals surface area (Å²) >= 11 is 0. The van der Waals surface area contributed by atoms with Gasteiger partial charge in [0.25, 0.3) is 0 Å². The fraction of sp³-hybridized carbons (Fsp3) is 0.0200. The molecule has 5 nitrogen and oxygen atoms in total. The van der Waals surface area contributed by atoms with E-state index < -0.39 is 0 Å². The van der Waals surface area contributed by atoms with Crippen molar-refractivity contribution < 1.29 is 4.74 Å². The minimum absolute atomic E-state index is 0.240. The van der Waals surface area contributed by atoms with E-state index in [1.165, 1.54) is 10.8 Å². The Morgan fingerprint density at radius 3 is 1.84 bits per heavy atom. The zero-order chi connectivity index (χ0) is 36.3. The van der Waals surface area contributed by atoms with Gasteiger partial charge in [0, 0.05) is 33.0 Å². The molecule has 2 heterocycles. The minimum Gasteiger partial charge on any atom is -0.464 e. The molecule has 0 aliphatic carbocycles. The predicted molar refractivity (Wildman–Crippen MR) is 225 cm³/mol. The second kappa shape index (κ2) is 12.6. The second-order valence-corrected chi connectivity index (χ2v) is 14.0. The number of anilines is 1. The quantitative estimate of drug-likeness (QED) is 0.181. The molecule has 0 saturated carbocycles. The molecule has 0 radical (unpaired) electrons. The maximum Gasteiger partial charge on any atom is 0.196 e. The summed E-state index contributed by atoms with van der Waals surface area (Å²) in [6.45, 7) is 0. The predicted octanol–water partition coefficient (Wildman–Crippen LogP) is 12.7. The average Bonchev–Trinajstić information content (AvgIpc) is 3.72. The number of fused-ring (bicyclic) bond motifs is 8. The van der Waals surface area contributed by atoms with Gasteiger partial charge in [0.1, 0.15) is 0 Å². The Bertz CT molecular complexity index is 3100. The highest BCUT2D eigenvalue weighted by molar-refractivity contribution is 6.18. The third-order valence-corrected chi connectivity index (χ3v) is 10.7. The fourth-order valence-corrected chi connectivity index (χ4v) is 7.98. The maximum absolute atomic E-state index is 6.62. The molecule has 1 aliphatic rings. The first kappa shape index (κ1) is 31.2. The van der Waals surface area contributed by atoms with E-state index in [2.05, 4.69) is 169 Å². The van der Waals surface area contributed by atoms with E-state index in [1.807, 2.05) is 18.2 Å². The molecule has 11 rings (SSSR count). The van der Waals surface area contributed by atoms with Crippen molar-refractivity contribution in [3.63, 3.8) is 0 Å². The first-order valence-electron chi connectivity index (χ1n) is 18.5. The van der Waals surface area contributed by atoms with Crippen molar-refractivity contribution in [2.24, 2.45) is 0 Å². The summed E-state index contributed by atoms with van der Waals surface area (Å²) in [4.78, 5) is 15.3. The summed E-state index contributed by atoms with van der Waals surface area (Å²) in [6, 6.07) is 63.5. The molecule has 0 fully saturated rings. The van der Waals surface area contributed by atoms with E-state index in [-0.39, 0.29) is 6.23 Å². The van der Waals surface area contributed by atoms with Crippen LogP contribution in [-0.2, 0) is 0 Å². The highest BCUT2D eigenvalue weighted by atomic mass is 16.5. The van der Waals surface area contributed by atoms with Crippen molar-refractivity contribution in [2.75, 3.05) is 5.32 Å². The summed E-state index contributed by atoms with van der Waals surface area (Å²) in [6.07, 6.45) is -0.240. The van der Waals surface area contributed by atoms with Crippen LogP contribution in [0.25, 0.3) is 88.4 Å². The van der Waals surface area contributed by atoms with Crippen LogP contribution in [0, 0.1) is 0 Å². The smallest absolute Gasteiger partial charge is 0.196 e. The molecule has 0 amide bonds. The Labute approximate surface area is 317 Å². The van der Waals surface area contributed by atoms with Crippen molar-refractivity contribution in [2.45, 2.75) is 6.23 Å². The van der Waals surface area contributed by atoms with Crippen LogP contribution in [0.3, 0.4) is 0 Å². The lowest BCUT2D eigenvalue weighted by atomic mass is 9.95. The number of hydrogen-bond acceptors (Lipinski definition) is 5. The van der Waals surface area contributed by atoms with E-state index in [0.717, 1.165) is 77.1 Å². The van der Waals surface area contributed by atoms with Gasteiger partial charge in [0.15, 0.2) is 29.5 Å². The molecule has 0 spiro atoms. The second-order valence-electron chi connectivity index (χ2n) is 14.0. The molecular formula is C50H32N4O. The van der Waals surface area contributed by atoms with Gasteiger partial charge in [-0.2, -0.15) is 0 Å². The van der Waals surface area contributed by atoms with Gasteiger partial charge in [-0.25, -0.2) is 15.0 Å². The number of aromatic nitrogens is 3. The third-order valence-electron chi connectivity index (χ3n) is 10.7.